The van der Waals surface area contributed by atoms with Gasteiger partial charge in [-0.05, 0) is 13.3 Å². The number of amides is 5. The van der Waals surface area contributed by atoms with Crippen LogP contribution in [0.2, 0.25) is 0 Å². The molecule has 15 heteroatoms. The van der Waals surface area contributed by atoms with Gasteiger partial charge in [0.15, 0.2) is 0 Å². The summed E-state index contributed by atoms with van der Waals surface area (Å²) in [6.45, 7) is 4.47. The molecule has 3 N–H and O–H groups in total. The van der Waals surface area contributed by atoms with Crippen LogP contribution in [0.25, 0.3) is 0 Å². The zero-order valence-corrected chi connectivity index (χ0v) is 23.7. The predicted molar refractivity (Wildman–Crippen MR) is 143 cm³/mol. The van der Waals surface area contributed by atoms with Gasteiger partial charge in [-0.25, -0.2) is 0 Å². The molecule has 0 aromatic rings. The van der Waals surface area contributed by atoms with Crippen molar-refractivity contribution in [3.05, 3.63) is 12.2 Å². The maximum absolute atomic E-state index is 12.0. The van der Waals surface area contributed by atoms with Crippen molar-refractivity contribution in [2.24, 2.45) is 0 Å². The van der Waals surface area contributed by atoms with Crippen molar-refractivity contribution >= 4 is 35.8 Å². The molecule has 0 aromatic carbocycles. The summed E-state index contributed by atoms with van der Waals surface area (Å²) < 4.78 is 26.4. The molecule has 232 valence electrons. The quantitative estimate of drug-likeness (QED) is 0.0616. The second-order valence-corrected chi connectivity index (χ2v) is 8.91. The summed E-state index contributed by atoms with van der Waals surface area (Å²) in [4.78, 5) is 70.4. The molecule has 0 saturated carbocycles. The van der Waals surface area contributed by atoms with Gasteiger partial charge in [-0.1, -0.05) is 0 Å². The Hall–Kier alpha value is -3.24. The van der Waals surface area contributed by atoms with E-state index < -0.39 is 29.8 Å². The van der Waals surface area contributed by atoms with E-state index in [-0.39, 0.29) is 51.0 Å². The van der Waals surface area contributed by atoms with E-state index in [1.165, 1.54) is 7.11 Å². The van der Waals surface area contributed by atoms with Gasteiger partial charge in [-0.2, -0.15) is 0 Å². The Morgan fingerprint density at radius 3 is 1.93 bits per heavy atom. The Morgan fingerprint density at radius 2 is 1.37 bits per heavy atom. The largest absolute Gasteiger partial charge is 0.385 e. The molecule has 2 atom stereocenters. The average molecular weight is 587 g/mol. The third-order valence-electron chi connectivity index (χ3n) is 5.40. The highest BCUT2D eigenvalue weighted by Gasteiger charge is 2.25. The van der Waals surface area contributed by atoms with E-state index in [2.05, 4.69) is 16.0 Å². The summed E-state index contributed by atoms with van der Waals surface area (Å²) in [5.74, 6) is -2.04. The van der Waals surface area contributed by atoms with Crippen LogP contribution < -0.4 is 16.0 Å². The number of imide groups is 1. The molecular formula is C26H42N4O11. The van der Waals surface area contributed by atoms with E-state index in [1.807, 2.05) is 0 Å². The molecule has 2 unspecified atom stereocenters. The molecule has 0 bridgehead atoms. The summed E-state index contributed by atoms with van der Waals surface area (Å²) in [6, 6.07) is -1.01. The molecule has 0 radical (unpaired) electrons. The minimum Gasteiger partial charge on any atom is -0.385 e. The zero-order valence-electron chi connectivity index (χ0n) is 23.7. The molecular weight excluding hydrogens is 544 g/mol. The highest BCUT2D eigenvalue weighted by molar-refractivity contribution is 6.14. The number of methoxy groups -OCH3 is 1. The number of nitrogens with zero attached hydrogens (tertiary/aromatic N) is 1. The molecule has 0 spiro atoms. The SMILES string of the molecule is COCCC(C=O)NC(=O)CC(C)NC(=O)CCOCCOCCOCCOCCNC(=O)CN1C(=O)C=CC1=O. The van der Waals surface area contributed by atoms with Crippen LogP contribution in [0, 0.1) is 0 Å². The lowest BCUT2D eigenvalue weighted by molar-refractivity contribution is -0.141. The molecule has 0 aromatic heterocycles. The fourth-order valence-corrected chi connectivity index (χ4v) is 3.34. The van der Waals surface area contributed by atoms with Crippen LogP contribution in [-0.4, -0.2) is 132 Å². The monoisotopic (exact) mass is 586 g/mol. The van der Waals surface area contributed by atoms with E-state index in [0.717, 1.165) is 17.1 Å². The van der Waals surface area contributed by atoms with Crippen LogP contribution in [0.15, 0.2) is 12.2 Å². The van der Waals surface area contributed by atoms with Gasteiger partial charge < -0.3 is 44.4 Å². The first-order chi connectivity index (χ1) is 19.8. The maximum atomic E-state index is 12.0. The summed E-state index contributed by atoms with van der Waals surface area (Å²) in [5.41, 5.74) is 0. The first-order valence-corrected chi connectivity index (χ1v) is 13.4. The zero-order chi connectivity index (χ0) is 30.3. The minimum absolute atomic E-state index is 0.0511. The number of hydrogen-bond acceptors (Lipinski definition) is 11. The molecule has 0 fully saturated rings. The molecule has 15 nitrogen and oxygen atoms in total. The van der Waals surface area contributed by atoms with Crippen molar-refractivity contribution in [2.45, 2.75) is 38.3 Å². The summed E-state index contributed by atoms with van der Waals surface area (Å²) in [5, 5.41) is 7.88. The van der Waals surface area contributed by atoms with E-state index in [4.69, 9.17) is 23.7 Å². The molecule has 0 aliphatic carbocycles. The first kappa shape index (κ1) is 35.8. The van der Waals surface area contributed by atoms with Gasteiger partial charge in [0.25, 0.3) is 11.8 Å². The van der Waals surface area contributed by atoms with Crippen molar-refractivity contribution in [3.8, 4) is 0 Å². The van der Waals surface area contributed by atoms with Crippen LogP contribution in [0.5, 0.6) is 0 Å². The molecule has 41 heavy (non-hydrogen) atoms. The van der Waals surface area contributed by atoms with Crippen LogP contribution in [0.4, 0.5) is 0 Å². The molecule has 0 saturated heterocycles. The number of aldehydes is 1. The fraction of sp³-hybridized carbons (Fsp3) is 0.692. The number of carbonyl (C=O) groups is 6. The highest BCUT2D eigenvalue weighted by atomic mass is 16.6. The lowest BCUT2D eigenvalue weighted by atomic mass is 10.2. The predicted octanol–water partition coefficient (Wildman–Crippen LogP) is -1.90. The van der Waals surface area contributed by atoms with Gasteiger partial charge in [0, 0.05) is 51.3 Å². The first-order valence-electron chi connectivity index (χ1n) is 13.4. The second kappa shape index (κ2) is 22.4. The van der Waals surface area contributed by atoms with Gasteiger partial charge >= 0.3 is 0 Å². The maximum Gasteiger partial charge on any atom is 0.254 e. The van der Waals surface area contributed by atoms with Crippen LogP contribution in [0.1, 0.15) is 26.2 Å². The third kappa shape index (κ3) is 17.9. The number of carbonyl (C=O) groups excluding carboxylic acids is 6. The normalized spacial score (nSPS) is 14.1. The van der Waals surface area contributed by atoms with Gasteiger partial charge in [0.05, 0.1) is 58.9 Å². The molecule has 1 heterocycles. The van der Waals surface area contributed by atoms with Gasteiger partial charge in [-0.15, -0.1) is 0 Å². The summed E-state index contributed by atoms with van der Waals surface area (Å²) >= 11 is 0. The topological polar surface area (TPSA) is 188 Å². The van der Waals surface area contributed by atoms with E-state index in [1.54, 1.807) is 6.92 Å². The van der Waals surface area contributed by atoms with Crippen LogP contribution >= 0.6 is 0 Å². The lowest BCUT2D eigenvalue weighted by Gasteiger charge is -2.16. The summed E-state index contributed by atoms with van der Waals surface area (Å²) in [6.07, 6.45) is 3.48. The van der Waals surface area contributed by atoms with E-state index >= 15 is 0 Å². The molecule has 1 aliphatic heterocycles. The Bertz CT molecular complexity index is 850. The van der Waals surface area contributed by atoms with Crippen LogP contribution in [0.3, 0.4) is 0 Å². The highest BCUT2D eigenvalue weighted by Crippen LogP contribution is 2.02. The number of ether oxygens (including phenoxy) is 5. The molecule has 1 rings (SSSR count). The van der Waals surface area contributed by atoms with Crippen molar-refractivity contribution in [2.75, 3.05) is 79.7 Å². The second-order valence-electron chi connectivity index (χ2n) is 8.91. The van der Waals surface area contributed by atoms with E-state index in [0.29, 0.717) is 59.0 Å². The molecule has 1 aliphatic rings. The standard InChI is InChI=1S/C26H42N4O11/c1-20(17-23(33)29-21(19-31)5-8-37-2)28-22(32)6-9-38-11-13-40-15-16-41-14-12-39-10-7-27-24(34)18-30-25(35)3-4-26(30)36/h3-4,19-21H,5-18H2,1-2H3,(H,27,34)(H,28,32)(H,29,33). The Kier molecular flexibility index (Phi) is 19.6. The number of hydrogen-bond donors (Lipinski definition) is 3. The van der Waals surface area contributed by atoms with E-state index in [9.17, 15) is 28.8 Å². The van der Waals surface area contributed by atoms with Crippen molar-refractivity contribution < 1.29 is 52.5 Å². The van der Waals surface area contributed by atoms with Crippen molar-refractivity contribution in [3.63, 3.8) is 0 Å². The van der Waals surface area contributed by atoms with Crippen LogP contribution in [-0.2, 0) is 52.5 Å². The van der Waals surface area contributed by atoms with Gasteiger partial charge in [-0.3, -0.25) is 28.9 Å². The Labute approximate surface area is 239 Å². The van der Waals surface area contributed by atoms with Crippen molar-refractivity contribution in [1.29, 1.82) is 0 Å². The Balaban J connectivity index is 1.88. The third-order valence-corrected chi connectivity index (χ3v) is 5.40. The summed E-state index contributed by atoms with van der Waals surface area (Å²) in [7, 11) is 1.51. The Morgan fingerprint density at radius 1 is 0.805 bits per heavy atom. The minimum atomic E-state index is -0.617. The van der Waals surface area contributed by atoms with Gasteiger partial charge in [0.1, 0.15) is 12.8 Å². The average Bonchev–Trinajstić information content (AvgIpc) is 3.24. The van der Waals surface area contributed by atoms with Gasteiger partial charge in [0.2, 0.25) is 17.7 Å². The molecule has 5 amide bonds. The fourth-order valence-electron chi connectivity index (χ4n) is 3.34. The van der Waals surface area contributed by atoms with Crippen molar-refractivity contribution in [1.82, 2.24) is 20.9 Å². The smallest absolute Gasteiger partial charge is 0.254 e. The number of rotatable bonds is 25. The number of nitrogens with one attached hydrogen (secondary N) is 3. The lowest BCUT2D eigenvalue weighted by Crippen LogP contribution is -2.41.